The van der Waals surface area contributed by atoms with Crippen molar-refractivity contribution in [2.45, 2.75) is 46.3 Å². The Morgan fingerprint density at radius 3 is 2.29 bits per heavy atom. The van der Waals surface area contributed by atoms with E-state index in [0.29, 0.717) is 6.54 Å². The summed E-state index contributed by atoms with van der Waals surface area (Å²) in [6.07, 6.45) is 0.709. The highest BCUT2D eigenvalue weighted by Gasteiger charge is 2.24. The number of amides is 1. The van der Waals surface area contributed by atoms with Crippen LogP contribution in [0.4, 0.5) is 4.79 Å². The van der Waals surface area contributed by atoms with Crippen molar-refractivity contribution in [1.29, 1.82) is 0 Å². The van der Waals surface area contributed by atoms with Crippen molar-refractivity contribution >= 4 is 11.9 Å². The van der Waals surface area contributed by atoms with E-state index in [2.05, 4.69) is 4.90 Å². The summed E-state index contributed by atoms with van der Waals surface area (Å²) in [6.45, 7) is 11.3. The second-order valence-electron chi connectivity index (χ2n) is 7.35. The van der Waals surface area contributed by atoms with Crippen LogP contribution in [0.15, 0.2) is 24.3 Å². The number of Topliss-reactive ketones (excluding diaryl/α,β-unsaturated/α-hetero) is 1. The lowest BCUT2D eigenvalue weighted by atomic mass is 10.1. The summed E-state index contributed by atoms with van der Waals surface area (Å²) in [5.41, 5.74) is 1.47. The number of benzene rings is 1. The van der Waals surface area contributed by atoms with E-state index in [0.717, 1.165) is 38.2 Å². The van der Waals surface area contributed by atoms with E-state index in [1.165, 1.54) is 5.56 Å². The summed E-state index contributed by atoms with van der Waals surface area (Å²) in [5, 5.41) is 0. The Labute approximate surface area is 144 Å². The van der Waals surface area contributed by atoms with Gasteiger partial charge in [0.2, 0.25) is 0 Å². The second kappa shape index (κ2) is 7.79. The maximum Gasteiger partial charge on any atom is 0.410 e. The van der Waals surface area contributed by atoms with Crippen molar-refractivity contribution in [3.63, 3.8) is 0 Å². The van der Waals surface area contributed by atoms with Crippen molar-refractivity contribution in [2.75, 3.05) is 26.2 Å². The van der Waals surface area contributed by atoms with Crippen LogP contribution in [0.2, 0.25) is 0 Å². The Bertz CT molecular complexity index is 575. The number of carbonyl (C=O) groups excluding carboxylic acids is 2. The molecule has 1 aromatic carbocycles. The minimum absolute atomic E-state index is 0.0873. The minimum Gasteiger partial charge on any atom is -0.444 e. The highest BCUT2D eigenvalue weighted by atomic mass is 16.6. The Morgan fingerprint density at radius 2 is 1.71 bits per heavy atom. The van der Waals surface area contributed by atoms with Gasteiger partial charge in [-0.1, -0.05) is 24.3 Å². The molecule has 1 aliphatic heterocycles. The molecular formula is C19H28N2O3. The van der Waals surface area contributed by atoms with Gasteiger partial charge >= 0.3 is 6.09 Å². The largest absolute Gasteiger partial charge is 0.444 e. The average molecular weight is 332 g/mol. The molecule has 5 heteroatoms. The van der Waals surface area contributed by atoms with E-state index in [4.69, 9.17) is 4.74 Å². The van der Waals surface area contributed by atoms with E-state index in [1.54, 1.807) is 11.8 Å². The Hall–Kier alpha value is -1.88. The number of hydrogen-bond donors (Lipinski definition) is 0. The maximum absolute atomic E-state index is 12.2. The number of hydrogen-bond acceptors (Lipinski definition) is 4. The highest BCUT2D eigenvalue weighted by molar-refractivity contribution is 5.93. The van der Waals surface area contributed by atoms with E-state index >= 15 is 0 Å². The zero-order valence-electron chi connectivity index (χ0n) is 15.2. The predicted molar refractivity (Wildman–Crippen MR) is 94.1 cm³/mol. The minimum atomic E-state index is -0.457. The van der Waals surface area contributed by atoms with E-state index in [9.17, 15) is 9.59 Å². The van der Waals surface area contributed by atoms with Gasteiger partial charge in [0.1, 0.15) is 5.60 Å². The molecule has 2 rings (SSSR count). The van der Waals surface area contributed by atoms with Crippen LogP contribution in [0.5, 0.6) is 0 Å². The summed E-state index contributed by atoms with van der Waals surface area (Å²) < 4.78 is 5.46. The van der Waals surface area contributed by atoms with Gasteiger partial charge in [-0.05, 0) is 39.7 Å². The van der Waals surface area contributed by atoms with E-state index in [1.807, 2.05) is 45.0 Å². The first kappa shape index (κ1) is 18.5. The SMILES string of the molecule is CC(=O)c1ccc(CN2CCCN(C(=O)OC(C)(C)C)CC2)cc1. The molecule has 1 heterocycles. The molecule has 1 aliphatic rings. The van der Waals surface area contributed by atoms with Crippen molar-refractivity contribution in [3.05, 3.63) is 35.4 Å². The van der Waals surface area contributed by atoms with Crippen LogP contribution in [0, 0.1) is 0 Å². The van der Waals surface area contributed by atoms with Crippen LogP contribution in [0.3, 0.4) is 0 Å². The summed E-state index contributed by atoms with van der Waals surface area (Å²) in [6, 6.07) is 7.77. The van der Waals surface area contributed by atoms with Gasteiger partial charge in [-0.25, -0.2) is 4.79 Å². The predicted octanol–water partition coefficient (Wildman–Crippen LogP) is 3.33. The smallest absolute Gasteiger partial charge is 0.410 e. The lowest BCUT2D eigenvalue weighted by Crippen LogP contribution is -2.39. The first-order valence-electron chi connectivity index (χ1n) is 8.55. The van der Waals surface area contributed by atoms with Crippen molar-refractivity contribution in [3.8, 4) is 0 Å². The van der Waals surface area contributed by atoms with Crippen molar-refractivity contribution in [2.24, 2.45) is 0 Å². The molecular weight excluding hydrogens is 304 g/mol. The molecule has 132 valence electrons. The number of nitrogens with zero attached hydrogens (tertiary/aromatic N) is 2. The quantitative estimate of drug-likeness (QED) is 0.797. The number of rotatable bonds is 3. The van der Waals surface area contributed by atoms with Gasteiger partial charge in [0.25, 0.3) is 0 Å². The van der Waals surface area contributed by atoms with Gasteiger partial charge in [0.15, 0.2) is 5.78 Å². The summed E-state index contributed by atoms with van der Waals surface area (Å²) in [5.74, 6) is 0.0873. The fourth-order valence-electron chi connectivity index (χ4n) is 2.74. The van der Waals surface area contributed by atoms with Crippen LogP contribution < -0.4 is 0 Å². The molecule has 0 aliphatic carbocycles. The fraction of sp³-hybridized carbons (Fsp3) is 0.579. The first-order valence-corrected chi connectivity index (χ1v) is 8.55. The molecule has 0 bridgehead atoms. The Kier molecular flexibility index (Phi) is 5.99. The van der Waals surface area contributed by atoms with E-state index in [-0.39, 0.29) is 11.9 Å². The molecule has 0 spiro atoms. The molecule has 0 N–H and O–H groups in total. The molecule has 1 fully saturated rings. The zero-order chi connectivity index (χ0) is 17.7. The summed E-state index contributed by atoms with van der Waals surface area (Å²) in [4.78, 5) is 27.7. The van der Waals surface area contributed by atoms with Gasteiger partial charge in [-0.15, -0.1) is 0 Å². The molecule has 0 saturated carbocycles. The van der Waals surface area contributed by atoms with Gasteiger partial charge in [-0.2, -0.15) is 0 Å². The van der Waals surface area contributed by atoms with Crippen molar-refractivity contribution < 1.29 is 14.3 Å². The maximum atomic E-state index is 12.2. The molecule has 0 aromatic heterocycles. The molecule has 0 atom stereocenters. The zero-order valence-corrected chi connectivity index (χ0v) is 15.2. The molecule has 1 amide bonds. The lowest BCUT2D eigenvalue weighted by Gasteiger charge is -2.26. The third kappa shape index (κ3) is 5.64. The average Bonchev–Trinajstić information content (AvgIpc) is 2.72. The van der Waals surface area contributed by atoms with Crippen LogP contribution in [-0.4, -0.2) is 53.5 Å². The molecule has 5 nitrogen and oxygen atoms in total. The molecule has 0 unspecified atom stereocenters. The summed E-state index contributed by atoms with van der Waals surface area (Å²) in [7, 11) is 0. The molecule has 1 saturated heterocycles. The number of ketones is 1. The standard InChI is InChI=1S/C19H28N2O3/c1-15(22)17-8-6-16(7-9-17)14-20-10-5-11-21(13-12-20)18(23)24-19(2,3)4/h6-9H,5,10-14H2,1-4H3. The lowest BCUT2D eigenvalue weighted by molar-refractivity contribution is 0.0257. The third-order valence-electron chi connectivity index (χ3n) is 4.01. The molecule has 0 radical (unpaired) electrons. The molecule has 24 heavy (non-hydrogen) atoms. The fourth-order valence-corrected chi connectivity index (χ4v) is 2.74. The van der Waals surface area contributed by atoms with Crippen LogP contribution in [-0.2, 0) is 11.3 Å². The van der Waals surface area contributed by atoms with E-state index < -0.39 is 5.60 Å². The topological polar surface area (TPSA) is 49.9 Å². The van der Waals surface area contributed by atoms with Crippen LogP contribution >= 0.6 is 0 Å². The van der Waals surface area contributed by atoms with Gasteiger partial charge in [0.05, 0.1) is 0 Å². The number of ether oxygens (including phenoxy) is 1. The van der Waals surface area contributed by atoms with Gasteiger partial charge in [0, 0.05) is 38.3 Å². The second-order valence-corrected chi connectivity index (χ2v) is 7.35. The highest BCUT2D eigenvalue weighted by Crippen LogP contribution is 2.14. The van der Waals surface area contributed by atoms with Crippen LogP contribution in [0.1, 0.15) is 50.0 Å². The van der Waals surface area contributed by atoms with Gasteiger partial charge < -0.3 is 9.64 Å². The first-order chi connectivity index (χ1) is 11.2. The Morgan fingerprint density at radius 1 is 1.04 bits per heavy atom. The number of carbonyl (C=O) groups is 2. The monoisotopic (exact) mass is 332 g/mol. The normalized spacial score (nSPS) is 16.6. The van der Waals surface area contributed by atoms with Crippen LogP contribution in [0.25, 0.3) is 0 Å². The molecule has 1 aromatic rings. The van der Waals surface area contributed by atoms with Gasteiger partial charge in [-0.3, -0.25) is 9.69 Å². The summed E-state index contributed by atoms with van der Waals surface area (Å²) >= 11 is 0. The van der Waals surface area contributed by atoms with Crippen molar-refractivity contribution in [1.82, 2.24) is 9.80 Å². The Balaban J connectivity index is 1.88. The third-order valence-corrected chi connectivity index (χ3v) is 4.01.